The normalized spacial score (nSPS) is 14.6. The first-order valence-corrected chi connectivity index (χ1v) is 9.47. The van der Waals surface area contributed by atoms with Crippen molar-refractivity contribution in [3.05, 3.63) is 93.5 Å². The van der Waals surface area contributed by atoms with Crippen LogP contribution in [0, 0.1) is 10.1 Å². The minimum absolute atomic E-state index is 0.341. The first-order chi connectivity index (χ1) is 14.3. The molecule has 0 radical (unpaired) electrons. The molecule has 0 bridgehead atoms. The molecule has 152 valence electrons. The molecule has 1 aliphatic heterocycles. The summed E-state index contributed by atoms with van der Waals surface area (Å²) in [5, 5.41) is 21.4. The third kappa shape index (κ3) is 3.26. The summed E-state index contributed by atoms with van der Waals surface area (Å²) in [6.07, 6.45) is 0. The van der Waals surface area contributed by atoms with E-state index in [4.69, 9.17) is 9.47 Å². The van der Waals surface area contributed by atoms with Crippen molar-refractivity contribution in [3.63, 3.8) is 0 Å². The van der Waals surface area contributed by atoms with Crippen LogP contribution in [0.1, 0.15) is 30.5 Å². The first kappa shape index (κ1) is 19.5. The van der Waals surface area contributed by atoms with Crippen LogP contribution in [0.15, 0.2) is 66.7 Å². The van der Waals surface area contributed by atoms with Gasteiger partial charge < -0.3 is 14.6 Å². The number of fused-ring (bicyclic) bond motifs is 1. The molecule has 0 unspecified atom stereocenters. The molecule has 30 heavy (non-hydrogen) atoms. The topological polar surface area (TPSA) is 81.8 Å². The molecule has 4 rings (SSSR count). The molecule has 0 aliphatic carbocycles. The second-order valence-electron chi connectivity index (χ2n) is 7.55. The van der Waals surface area contributed by atoms with Crippen molar-refractivity contribution in [1.82, 2.24) is 0 Å². The number of phenols is 1. The van der Waals surface area contributed by atoms with Gasteiger partial charge in [-0.05, 0) is 43.2 Å². The van der Waals surface area contributed by atoms with Gasteiger partial charge in [0.15, 0.2) is 5.75 Å². The van der Waals surface area contributed by atoms with E-state index >= 15 is 0 Å². The van der Waals surface area contributed by atoms with Crippen LogP contribution < -0.4 is 9.47 Å². The van der Waals surface area contributed by atoms with Gasteiger partial charge in [0.25, 0.3) is 0 Å². The molecule has 1 aliphatic rings. The number of aromatic hydroxyl groups is 1. The highest BCUT2D eigenvalue weighted by Gasteiger charge is 2.37. The third-order valence-electron chi connectivity index (χ3n) is 5.20. The zero-order valence-corrected chi connectivity index (χ0v) is 16.9. The molecule has 0 aromatic heterocycles. The third-order valence-corrected chi connectivity index (χ3v) is 5.20. The van der Waals surface area contributed by atoms with Gasteiger partial charge in [0.2, 0.25) is 0 Å². The molecule has 3 aromatic rings. The summed E-state index contributed by atoms with van der Waals surface area (Å²) in [4.78, 5) is 10.9. The summed E-state index contributed by atoms with van der Waals surface area (Å²) < 4.78 is 11.7. The van der Waals surface area contributed by atoms with Gasteiger partial charge in [0.1, 0.15) is 17.1 Å². The number of methoxy groups -OCH3 is 1. The largest absolute Gasteiger partial charge is 0.502 e. The molecule has 6 heteroatoms. The Balaban J connectivity index is 2.09. The van der Waals surface area contributed by atoms with E-state index in [-0.39, 0.29) is 11.4 Å². The fourth-order valence-electron chi connectivity index (χ4n) is 3.90. The lowest BCUT2D eigenvalue weighted by atomic mass is 9.79. The molecule has 0 atom stereocenters. The Morgan fingerprint density at radius 2 is 1.73 bits per heavy atom. The van der Waals surface area contributed by atoms with Crippen molar-refractivity contribution in [2.45, 2.75) is 19.4 Å². The minimum atomic E-state index is -0.720. The van der Waals surface area contributed by atoms with Crippen LogP contribution in [0.2, 0.25) is 0 Å². The van der Waals surface area contributed by atoms with Gasteiger partial charge >= 0.3 is 5.69 Å². The second kappa shape index (κ2) is 7.22. The number of benzene rings is 3. The summed E-state index contributed by atoms with van der Waals surface area (Å²) in [5.41, 5.74) is 3.04. The number of phenolic OH excluding ortho intramolecular Hbond substituents is 1. The van der Waals surface area contributed by atoms with E-state index < -0.39 is 10.5 Å². The van der Waals surface area contributed by atoms with E-state index in [1.807, 2.05) is 62.4 Å². The predicted octanol–water partition coefficient (Wildman–Crippen LogP) is 5.44. The van der Waals surface area contributed by atoms with Gasteiger partial charge in [0, 0.05) is 28.8 Å². The highest BCUT2D eigenvalue weighted by Crippen LogP contribution is 2.49. The number of hydrogen-bond donors (Lipinski definition) is 1. The maximum atomic E-state index is 11.5. The molecule has 0 spiro atoms. The zero-order chi connectivity index (χ0) is 21.5. The number of rotatable bonds is 4. The molecule has 6 nitrogen and oxygen atoms in total. The first-order valence-electron chi connectivity index (χ1n) is 9.47. The number of ether oxygens (including phenoxy) is 2. The summed E-state index contributed by atoms with van der Waals surface area (Å²) in [6, 6.07) is 19.8. The monoisotopic (exact) mass is 403 g/mol. The number of nitrogens with zero attached hydrogens (tertiary/aromatic N) is 1. The number of nitro groups is 1. The fraction of sp³-hybridized carbons (Fsp3) is 0.167. The van der Waals surface area contributed by atoms with E-state index in [1.54, 1.807) is 13.2 Å². The average Bonchev–Trinajstić information content (AvgIpc) is 2.72. The van der Waals surface area contributed by atoms with Gasteiger partial charge in [-0.3, -0.25) is 10.1 Å². The summed E-state index contributed by atoms with van der Waals surface area (Å²) >= 11 is 0. The summed E-state index contributed by atoms with van der Waals surface area (Å²) in [7, 11) is 1.59. The lowest BCUT2D eigenvalue weighted by molar-refractivity contribution is -0.385. The summed E-state index contributed by atoms with van der Waals surface area (Å²) in [6.45, 7) is 3.93. The zero-order valence-electron chi connectivity index (χ0n) is 16.9. The molecule has 1 N–H and O–H groups in total. The molecular weight excluding hydrogens is 382 g/mol. The van der Waals surface area contributed by atoms with Crippen LogP contribution in [0.5, 0.6) is 17.2 Å². The van der Waals surface area contributed by atoms with Gasteiger partial charge in [-0.1, -0.05) is 36.4 Å². The van der Waals surface area contributed by atoms with E-state index in [1.165, 1.54) is 12.1 Å². The fourth-order valence-corrected chi connectivity index (χ4v) is 3.90. The molecule has 0 fully saturated rings. The van der Waals surface area contributed by atoms with E-state index in [2.05, 4.69) is 0 Å². The van der Waals surface area contributed by atoms with E-state index in [9.17, 15) is 15.2 Å². The van der Waals surface area contributed by atoms with Crippen molar-refractivity contribution in [1.29, 1.82) is 0 Å². The van der Waals surface area contributed by atoms with E-state index in [0.29, 0.717) is 17.1 Å². The Hall–Kier alpha value is -3.80. The minimum Gasteiger partial charge on any atom is -0.502 e. The Kier molecular flexibility index (Phi) is 4.70. The van der Waals surface area contributed by atoms with Gasteiger partial charge in [-0.2, -0.15) is 0 Å². The van der Waals surface area contributed by atoms with Gasteiger partial charge in [-0.15, -0.1) is 0 Å². The van der Waals surface area contributed by atoms with Gasteiger partial charge in [-0.25, -0.2) is 0 Å². The SMILES string of the molecule is COc1ccc2c(c1)OC(C)(C)C(c1ccccc1)=C2c1ccc(O)c([N+](=O)[O-])c1. The Bertz CT molecular complexity index is 1170. The summed E-state index contributed by atoms with van der Waals surface area (Å²) in [5.74, 6) is 0.917. The maximum absolute atomic E-state index is 11.5. The highest BCUT2D eigenvalue weighted by molar-refractivity contribution is 6.04. The van der Waals surface area contributed by atoms with Crippen LogP contribution in [0.3, 0.4) is 0 Å². The van der Waals surface area contributed by atoms with Crippen LogP contribution >= 0.6 is 0 Å². The Morgan fingerprint density at radius 1 is 1.00 bits per heavy atom. The molecule has 0 saturated carbocycles. The highest BCUT2D eigenvalue weighted by atomic mass is 16.6. The van der Waals surface area contributed by atoms with Crippen LogP contribution in [-0.4, -0.2) is 22.7 Å². The van der Waals surface area contributed by atoms with Crippen LogP contribution in [0.25, 0.3) is 11.1 Å². The van der Waals surface area contributed by atoms with Gasteiger partial charge in [0.05, 0.1) is 12.0 Å². The lowest BCUT2D eigenvalue weighted by Crippen LogP contribution is -2.34. The van der Waals surface area contributed by atoms with Crippen LogP contribution in [0.4, 0.5) is 5.69 Å². The number of hydrogen-bond acceptors (Lipinski definition) is 5. The van der Waals surface area contributed by atoms with Crippen molar-refractivity contribution in [2.24, 2.45) is 0 Å². The van der Waals surface area contributed by atoms with Crippen molar-refractivity contribution < 1.29 is 19.5 Å². The quantitative estimate of drug-likeness (QED) is 0.463. The molecular formula is C24H21NO5. The predicted molar refractivity (Wildman–Crippen MR) is 115 cm³/mol. The Morgan fingerprint density at radius 3 is 2.40 bits per heavy atom. The lowest BCUT2D eigenvalue weighted by Gasteiger charge is -2.37. The smallest absolute Gasteiger partial charge is 0.311 e. The molecule has 0 amide bonds. The Labute approximate surface area is 174 Å². The van der Waals surface area contributed by atoms with E-state index in [0.717, 1.165) is 22.3 Å². The second-order valence-corrected chi connectivity index (χ2v) is 7.55. The molecule has 0 saturated heterocycles. The van der Waals surface area contributed by atoms with Crippen LogP contribution in [-0.2, 0) is 0 Å². The maximum Gasteiger partial charge on any atom is 0.311 e. The van der Waals surface area contributed by atoms with Crippen molar-refractivity contribution >= 4 is 16.8 Å². The standard InChI is InChI=1S/C24H21NO5/c1-24(2)23(15-7-5-4-6-8-15)22(16-9-12-20(26)19(13-16)25(27)28)18-11-10-17(29-3)14-21(18)30-24/h4-14,26H,1-3H3. The molecule has 1 heterocycles. The average molecular weight is 403 g/mol. The number of nitro benzene ring substituents is 1. The molecule has 3 aromatic carbocycles. The van der Waals surface area contributed by atoms with Crippen molar-refractivity contribution in [3.8, 4) is 17.2 Å². The van der Waals surface area contributed by atoms with Crippen molar-refractivity contribution in [2.75, 3.05) is 7.11 Å².